The Labute approximate surface area is 72.1 Å². The number of hydrogen-bond acceptors (Lipinski definition) is 2. The Morgan fingerprint density at radius 1 is 1.25 bits per heavy atom. The van der Waals surface area contributed by atoms with Gasteiger partial charge in [-0.3, -0.25) is 0 Å². The molecule has 0 saturated heterocycles. The Bertz CT molecular complexity index is 27.0. The first-order valence-corrected chi connectivity index (χ1v) is 1.12. The van der Waals surface area contributed by atoms with E-state index in [9.17, 15) is 0 Å². The topological polar surface area (TPSA) is 34.1 Å². The molecule has 0 aliphatic carbocycles. The van der Waals surface area contributed by atoms with Gasteiger partial charge in [0.05, 0.1) is 0 Å². The molecule has 0 aliphatic heterocycles. The molecule has 0 fully saturated rings. The summed E-state index contributed by atoms with van der Waals surface area (Å²) in [6.07, 6.45) is 0. The molecule has 0 N–H and O–H groups in total. The van der Waals surface area contributed by atoms with Crippen molar-refractivity contribution in [3.8, 4) is 0 Å². The van der Waals surface area contributed by atoms with Crippen LogP contribution in [0.4, 0.5) is 0 Å². The van der Waals surface area contributed by atoms with Crippen molar-refractivity contribution in [2.45, 2.75) is 0 Å². The zero-order chi connectivity index (χ0) is 2.71. The van der Waals surface area contributed by atoms with Crippen LogP contribution < -0.4 is 0 Å². The molecular formula is HCoKO2. The fourth-order valence-corrected chi connectivity index (χ4v) is 0. The summed E-state index contributed by atoms with van der Waals surface area (Å²) in [4.78, 5) is 0. The Morgan fingerprint density at radius 3 is 1.25 bits per heavy atom. The summed E-state index contributed by atoms with van der Waals surface area (Å²) in [5.41, 5.74) is 0. The van der Waals surface area contributed by atoms with Crippen molar-refractivity contribution in [1.82, 2.24) is 0 Å². The van der Waals surface area contributed by atoms with E-state index < -0.39 is 14.6 Å². The van der Waals surface area contributed by atoms with Crippen molar-refractivity contribution in [2.75, 3.05) is 0 Å². The van der Waals surface area contributed by atoms with Crippen LogP contribution in [0, 0.1) is 0 Å². The second-order valence-electron chi connectivity index (χ2n) is 0.0556. The van der Waals surface area contributed by atoms with Crippen LogP contribution in [0.15, 0.2) is 0 Å². The van der Waals surface area contributed by atoms with E-state index in [0.717, 1.165) is 0 Å². The molecule has 0 unspecified atom stereocenters. The average Bonchev–Trinajstić information content (AvgIpc) is 0.918. The van der Waals surface area contributed by atoms with Gasteiger partial charge in [-0.25, -0.2) is 0 Å². The summed E-state index contributed by atoms with van der Waals surface area (Å²) in [6.45, 7) is 0. The average molecular weight is 131 g/mol. The minimum absolute atomic E-state index is 0. The molecule has 4 heteroatoms. The van der Waals surface area contributed by atoms with Crippen molar-refractivity contribution in [1.29, 1.82) is 0 Å². The molecule has 0 aliphatic rings. The van der Waals surface area contributed by atoms with Gasteiger partial charge in [0.1, 0.15) is 0 Å². The van der Waals surface area contributed by atoms with Crippen LogP contribution in [0.1, 0.15) is 0 Å². The Kier molecular flexibility index (Phi) is 20.4. The first kappa shape index (κ1) is 9.22. The van der Waals surface area contributed by atoms with E-state index >= 15 is 0 Å². The summed E-state index contributed by atoms with van der Waals surface area (Å²) in [6, 6.07) is 0. The first-order valence-electron chi connectivity index (χ1n) is 0.272. The standard InChI is InChI=1S/Co.K.2O.H. The molecule has 0 rings (SSSR count). The molecule has 0 aromatic carbocycles. The molecule has 0 heterocycles. The van der Waals surface area contributed by atoms with E-state index in [4.69, 9.17) is 7.73 Å². The Balaban J connectivity index is 0. The summed E-state index contributed by atoms with van der Waals surface area (Å²) < 4.78 is 16.7. The fraction of sp³-hybridized carbons (Fsp3) is 0. The van der Waals surface area contributed by atoms with Gasteiger partial charge in [-0.05, 0) is 0 Å². The maximum atomic E-state index is 8.34. The van der Waals surface area contributed by atoms with E-state index in [1.54, 1.807) is 0 Å². The molecule has 0 atom stereocenters. The molecule has 0 saturated carbocycles. The molecule has 4 heavy (non-hydrogen) atoms. The third-order valence-electron chi connectivity index (χ3n) is 0. The molecule has 23 valence electrons. The number of hydrogen-bond donors (Lipinski definition) is 0. The van der Waals surface area contributed by atoms with Crippen LogP contribution in [0.2, 0.25) is 0 Å². The summed E-state index contributed by atoms with van der Waals surface area (Å²) in [7, 11) is 0. The monoisotopic (exact) mass is 131 g/mol. The van der Waals surface area contributed by atoms with Crippen molar-refractivity contribution < 1.29 is 22.3 Å². The van der Waals surface area contributed by atoms with Crippen molar-refractivity contribution in [2.24, 2.45) is 0 Å². The van der Waals surface area contributed by atoms with Crippen LogP contribution in [-0.2, 0) is 22.3 Å². The molecule has 0 radical (unpaired) electrons. The van der Waals surface area contributed by atoms with Crippen LogP contribution in [0.25, 0.3) is 0 Å². The van der Waals surface area contributed by atoms with Gasteiger partial charge >= 0.3 is 73.7 Å². The second-order valence-corrected chi connectivity index (χ2v) is 0.229. The maximum absolute atomic E-state index is 8.34. The zero-order valence-corrected chi connectivity index (χ0v) is 2.19. The van der Waals surface area contributed by atoms with Crippen LogP contribution in [0.3, 0.4) is 0 Å². The normalized spacial score (nSPS) is 4.00. The molecule has 0 amide bonds. The van der Waals surface area contributed by atoms with Gasteiger partial charge in [-0.1, -0.05) is 0 Å². The fourth-order valence-electron chi connectivity index (χ4n) is 0. The van der Waals surface area contributed by atoms with Crippen LogP contribution >= 0.6 is 0 Å². The number of rotatable bonds is 0. The molecule has 0 aromatic heterocycles. The molecule has 0 aromatic rings. The molecular weight excluding hydrogens is 130 g/mol. The van der Waals surface area contributed by atoms with E-state index in [0.29, 0.717) is 0 Å². The third kappa shape index (κ3) is 9.27. The van der Waals surface area contributed by atoms with Crippen molar-refractivity contribution in [3.05, 3.63) is 0 Å². The Hall–Kier alpha value is 1.74. The van der Waals surface area contributed by atoms with Gasteiger partial charge < -0.3 is 0 Å². The van der Waals surface area contributed by atoms with E-state index in [1.807, 2.05) is 0 Å². The van der Waals surface area contributed by atoms with Crippen molar-refractivity contribution in [3.63, 3.8) is 0 Å². The summed E-state index contributed by atoms with van der Waals surface area (Å²) >= 11 is -1.06. The summed E-state index contributed by atoms with van der Waals surface area (Å²) in [5.74, 6) is 0. The van der Waals surface area contributed by atoms with E-state index in [1.165, 1.54) is 0 Å². The Morgan fingerprint density at radius 2 is 1.25 bits per heavy atom. The first-order chi connectivity index (χ1) is 1.41. The van der Waals surface area contributed by atoms with Gasteiger partial charge in [-0.2, -0.15) is 0 Å². The van der Waals surface area contributed by atoms with Gasteiger partial charge in [0.2, 0.25) is 0 Å². The second kappa shape index (κ2) is 8.83. The minimum atomic E-state index is -1.06. The van der Waals surface area contributed by atoms with Gasteiger partial charge in [0.15, 0.2) is 0 Å². The third-order valence-corrected chi connectivity index (χ3v) is 0. The molecule has 0 spiro atoms. The van der Waals surface area contributed by atoms with E-state index in [-0.39, 0.29) is 51.4 Å². The molecule has 0 bridgehead atoms. The predicted molar refractivity (Wildman–Crippen MR) is 8.52 cm³/mol. The SMILES string of the molecule is [KH].[O]=[Co]=[O]. The van der Waals surface area contributed by atoms with Crippen molar-refractivity contribution >= 4 is 51.4 Å². The quantitative estimate of drug-likeness (QED) is 0.400. The van der Waals surface area contributed by atoms with E-state index in [2.05, 4.69) is 0 Å². The van der Waals surface area contributed by atoms with Crippen LogP contribution in [0.5, 0.6) is 0 Å². The van der Waals surface area contributed by atoms with Crippen LogP contribution in [-0.4, -0.2) is 51.4 Å². The van der Waals surface area contributed by atoms with Gasteiger partial charge in [0.25, 0.3) is 0 Å². The molecule has 2 nitrogen and oxygen atoms in total. The predicted octanol–water partition coefficient (Wildman–Crippen LogP) is -0.889. The van der Waals surface area contributed by atoms with Gasteiger partial charge in [-0.15, -0.1) is 0 Å². The zero-order valence-electron chi connectivity index (χ0n) is 1.15. The summed E-state index contributed by atoms with van der Waals surface area (Å²) in [5, 5.41) is 0. The van der Waals surface area contributed by atoms with Gasteiger partial charge in [0, 0.05) is 0 Å².